The van der Waals surface area contributed by atoms with Crippen molar-refractivity contribution in [3.8, 4) is 5.75 Å². The third-order valence-electron chi connectivity index (χ3n) is 2.97. The minimum absolute atomic E-state index is 0.269. The van der Waals surface area contributed by atoms with E-state index in [9.17, 15) is 4.39 Å². The van der Waals surface area contributed by atoms with Crippen molar-refractivity contribution in [2.75, 3.05) is 6.61 Å². The molecule has 0 spiro atoms. The number of hydrazine groups is 1. The molecule has 0 radical (unpaired) electrons. The minimum Gasteiger partial charge on any atom is -0.494 e. The monoisotopic (exact) mass is 338 g/mol. The van der Waals surface area contributed by atoms with Crippen LogP contribution in [0.5, 0.6) is 5.75 Å². The van der Waals surface area contributed by atoms with Gasteiger partial charge in [0.05, 0.1) is 17.1 Å². The quantitative estimate of drug-likeness (QED) is 0.647. The predicted molar refractivity (Wildman–Crippen MR) is 80.9 cm³/mol. The summed E-state index contributed by atoms with van der Waals surface area (Å²) >= 11 is 3.19. The third-order valence-corrected chi connectivity index (χ3v) is 3.58. The summed E-state index contributed by atoms with van der Waals surface area (Å²) in [5.74, 6) is 6.13. The molecule has 0 aliphatic rings. The lowest BCUT2D eigenvalue weighted by Gasteiger charge is -2.20. The molecule has 0 amide bonds. The van der Waals surface area contributed by atoms with Crippen molar-refractivity contribution in [3.05, 3.63) is 63.9 Å². The van der Waals surface area contributed by atoms with Crippen molar-refractivity contribution < 1.29 is 9.13 Å². The highest BCUT2D eigenvalue weighted by atomic mass is 79.9. The van der Waals surface area contributed by atoms with E-state index in [1.54, 1.807) is 12.1 Å². The van der Waals surface area contributed by atoms with E-state index < -0.39 is 0 Å². The van der Waals surface area contributed by atoms with E-state index in [2.05, 4.69) is 21.4 Å². The lowest BCUT2D eigenvalue weighted by atomic mass is 9.98. The van der Waals surface area contributed by atoms with Crippen molar-refractivity contribution in [3.63, 3.8) is 0 Å². The number of nitrogens with two attached hydrogens (primary N) is 1. The first-order valence-corrected chi connectivity index (χ1v) is 7.09. The minimum atomic E-state index is -0.303. The maximum absolute atomic E-state index is 13.3. The Kier molecular flexibility index (Phi) is 5.11. The van der Waals surface area contributed by atoms with E-state index in [0.717, 1.165) is 16.9 Å². The van der Waals surface area contributed by atoms with Crippen LogP contribution in [0.4, 0.5) is 4.39 Å². The van der Waals surface area contributed by atoms with Crippen LogP contribution >= 0.6 is 15.9 Å². The number of hydrogen-bond acceptors (Lipinski definition) is 3. The fourth-order valence-electron chi connectivity index (χ4n) is 2.06. The van der Waals surface area contributed by atoms with E-state index >= 15 is 0 Å². The van der Waals surface area contributed by atoms with Crippen molar-refractivity contribution in [1.82, 2.24) is 5.43 Å². The molecule has 0 saturated carbocycles. The predicted octanol–water partition coefficient (Wildman–Crippen LogP) is 3.54. The number of rotatable bonds is 5. The molecule has 5 heteroatoms. The molecule has 0 heterocycles. The van der Waals surface area contributed by atoms with Gasteiger partial charge in [-0.2, -0.15) is 0 Å². The van der Waals surface area contributed by atoms with Crippen LogP contribution in [-0.2, 0) is 0 Å². The van der Waals surface area contributed by atoms with Crippen molar-refractivity contribution in [2.24, 2.45) is 5.84 Å². The Bertz CT molecular complexity index is 592. The molecule has 0 fully saturated rings. The lowest BCUT2D eigenvalue weighted by Crippen LogP contribution is -2.29. The summed E-state index contributed by atoms with van der Waals surface area (Å²) < 4.78 is 19.4. The van der Waals surface area contributed by atoms with E-state index in [1.165, 1.54) is 6.07 Å². The molecule has 2 aromatic rings. The first kappa shape index (κ1) is 15.0. The second-order valence-corrected chi connectivity index (χ2v) is 5.10. The summed E-state index contributed by atoms with van der Waals surface area (Å²) in [6, 6.07) is 12.2. The van der Waals surface area contributed by atoms with E-state index in [-0.39, 0.29) is 11.9 Å². The van der Waals surface area contributed by atoms with Gasteiger partial charge in [-0.1, -0.05) is 24.3 Å². The highest BCUT2D eigenvalue weighted by Crippen LogP contribution is 2.31. The summed E-state index contributed by atoms with van der Waals surface area (Å²) in [6.45, 7) is 2.50. The van der Waals surface area contributed by atoms with E-state index in [0.29, 0.717) is 11.1 Å². The number of hydrogen-bond donors (Lipinski definition) is 2. The summed E-state index contributed by atoms with van der Waals surface area (Å²) in [4.78, 5) is 0. The number of nitrogens with one attached hydrogen (secondary N) is 1. The van der Waals surface area contributed by atoms with Crippen LogP contribution in [0, 0.1) is 5.82 Å². The Morgan fingerprint density at radius 2 is 2.05 bits per heavy atom. The topological polar surface area (TPSA) is 47.3 Å². The SMILES string of the molecule is CCOc1ccccc1C(NN)c1ccc(F)c(Br)c1. The van der Waals surface area contributed by atoms with E-state index in [4.69, 9.17) is 10.6 Å². The fraction of sp³-hybridized carbons (Fsp3) is 0.200. The van der Waals surface area contributed by atoms with Crippen molar-refractivity contribution in [2.45, 2.75) is 13.0 Å². The average Bonchev–Trinajstić information content (AvgIpc) is 2.45. The number of benzene rings is 2. The zero-order valence-corrected chi connectivity index (χ0v) is 12.7. The smallest absolute Gasteiger partial charge is 0.137 e. The Morgan fingerprint density at radius 1 is 1.30 bits per heavy atom. The molecule has 0 aliphatic heterocycles. The van der Waals surface area contributed by atoms with Gasteiger partial charge in [-0.3, -0.25) is 5.84 Å². The molecule has 2 rings (SSSR count). The second kappa shape index (κ2) is 6.83. The highest BCUT2D eigenvalue weighted by Gasteiger charge is 2.17. The third kappa shape index (κ3) is 3.17. The standard InChI is InChI=1S/C15H16BrFN2O/c1-2-20-14-6-4-3-5-11(14)15(19-18)10-7-8-13(17)12(16)9-10/h3-9,15,19H,2,18H2,1H3. The second-order valence-electron chi connectivity index (χ2n) is 4.24. The largest absolute Gasteiger partial charge is 0.494 e. The molecule has 0 aromatic heterocycles. The van der Waals surface area contributed by atoms with Gasteiger partial charge in [-0.15, -0.1) is 0 Å². The zero-order valence-electron chi connectivity index (χ0n) is 11.1. The summed E-state index contributed by atoms with van der Waals surface area (Å²) in [6.07, 6.45) is 0. The molecule has 1 unspecified atom stereocenters. The number of ether oxygens (including phenoxy) is 1. The summed E-state index contributed by atoms with van der Waals surface area (Å²) in [5, 5.41) is 0. The fourth-order valence-corrected chi connectivity index (χ4v) is 2.46. The molecule has 3 nitrogen and oxygen atoms in total. The molecule has 1 atom stereocenters. The van der Waals surface area contributed by atoms with Gasteiger partial charge in [-0.05, 0) is 46.6 Å². The first-order chi connectivity index (χ1) is 9.67. The molecule has 3 N–H and O–H groups in total. The zero-order chi connectivity index (χ0) is 14.5. The Morgan fingerprint density at radius 3 is 2.70 bits per heavy atom. The van der Waals surface area contributed by atoms with Gasteiger partial charge >= 0.3 is 0 Å². The van der Waals surface area contributed by atoms with Gasteiger partial charge in [0, 0.05) is 5.56 Å². The number of halogens is 2. The van der Waals surface area contributed by atoms with Gasteiger partial charge in [0.15, 0.2) is 0 Å². The molecule has 106 valence electrons. The van der Waals surface area contributed by atoms with E-state index in [1.807, 2.05) is 31.2 Å². The summed E-state index contributed by atoms with van der Waals surface area (Å²) in [7, 11) is 0. The Hall–Kier alpha value is -1.43. The van der Waals surface area contributed by atoms with Crippen LogP contribution in [0.15, 0.2) is 46.9 Å². The molecular weight excluding hydrogens is 323 g/mol. The van der Waals surface area contributed by atoms with Gasteiger partial charge in [0.2, 0.25) is 0 Å². The molecule has 2 aromatic carbocycles. The van der Waals surface area contributed by atoms with Gasteiger partial charge < -0.3 is 4.74 Å². The molecule has 0 aliphatic carbocycles. The van der Waals surface area contributed by atoms with Crippen molar-refractivity contribution >= 4 is 15.9 Å². The molecule has 0 saturated heterocycles. The van der Waals surface area contributed by atoms with Crippen LogP contribution in [0.2, 0.25) is 0 Å². The molecular formula is C15H16BrFN2O. The molecule has 0 bridgehead atoms. The normalized spacial score (nSPS) is 12.2. The van der Waals surface area contributed by atoms with Crippen molar-refractivity contribution in [1.29, 1.82) is 0 Å². The van der Waals surface area contributed by atoms with Gasteiger partial charge in [-0.25, -0.2) is 9.82 Å². The summed E-state index contributed by atoms with van der Waals surface area (Å²) in [5.41, 5.74) is 4.52. The van der Waals surface area contributed by atoms with Crippen LogP contribution in [0.25, 0.3) is 0 Å². The molecule has 20 heavy (non-hydrogen) atoms. The van der Waals surface area contributed by atoms with Crippen LogP contribution in [0.3, 0.4) is 0 Å². The Balaban J connectivity index is 2.44. The van der Waals surface area contributed by atoms with Gasteiger partial charge in [0.1, 0.15) is 11.6 Å². The highest BCUT2D eigenvalue weighted by molar-refractivity contribution is 9.10. The lowest BCUT2D eigenvalue weighted by molar-refractivity contribution is 0.333. The number of para-hydroxylation sites is 1. The van der Waals surface area contributed by atoms with Crippen LogP contribution in [-0.4, -0.2) is 6.61 Å². The maximum atomic E-state index is 13.3. The first-order valence-electron chi connectivity index (χ1n) is 6.30. The average molecular weight is 339 g/mol. The van der Waals surface area contributed by atoms with Crippen LogP contribution < -0.4 is 16.0 Å². The van der Waals surface area contributed by atoms with Crippen LogP contribution in [0.1, 0.15) is 24.1 Å². The van der Waals surface area contributed by atoms with Gasteiger partial charge in [0.25, 0.3) is 0 Å². The maximum Gasteiger partial charge on any atom is 0.137 e. The Labute approximate surface area is 126 Å².